The van der Waals surface area contributed by atoms with Gasteiger partial charge in [0.1, 0.15) is 0 Å². The van der Waals surface area contributed by atoms with E-state index >= 15 is 0 Å². The molecule has 0 aliphatic heterocycles. The fourth-order valence-corrected chi connectivity index (χ4v) is 0.173. The Bertz CT molecular complexity index is 26.7. The van der Waals surface area contributed by atoms with Crippen molar-refractivity contribution in [1.82, 2.24) is 0 Å². The summed E-state index contributed by atoms with van der Waals surface area (Å²) in [5.74, 6) is 1.13. The van der Waals surface area contributed by atoms with E-state index in [4.69, 9.17) is 5.11 Å². The Morgan fingerprint density at radius 2 is 2.33 bits per heavy atom. The molecule has 0 aliphatic rings. The second-order valence-electron chi connectivity index (χ2n) is 1.47. The van der Waals surface area contributed by atoms with E-state index < -0.39 is 0 Å². The third-order valence-electron chi connectivity index (χ3n) is 0.623. The lowest BCUT2D eigenvalue weighted by molar-refractivity contribution is 0.251. The highest BCUT2D eigenvalue weighted by Gasteiger charge is 1.90. The molecular formula is C4H10OS. The highest BCUT2D eigenvalue weighted by atomic mass is 32.1. The predicted molar refractivity (Wildman–Crippen MR) is 30.1 cm³/mol. The summed E-state index contributed by atoms with van der Waals surface area (Å²) in [6.45, 7) is 2.20. The number of hydrogen-bond acceptors (Lipinski definition) is 2. The Labute approximate surface area is 43.8 Å². The molecule has 0 aromatic heterocycles. The van der Waals surface area contributed by atoms with E-state index in [1.54, 1.807) is 0 Å². The van der Waals surface area contributed by atoms with Gasteiger partial charge in [0.25, 0.3) is 0 Å². The van der Waals surface area contributed by atoms with Crippen LogP contribution in [0.25, 0.3) is 0 Å². The molecule has 0 radical (unpaired) electrons. The van der Waals surface area contributed by atoms with Crippen molar-refractivity contribution in [3.05, 3.63) is 0 Å². The number of aliphatic hydroxyl groups is 1. The van der Waals surface area contributed by atoms with Gasteiger partial charge in [-0.1, -0.05) is 6.92 Å². The van der Waals surface area contributed by atoms with E-state index in [2.05, 4.69) is 12.6 Å². The maximum Gasteiger partial charge on any atom is 0.0464 e. The van der Waals surface area contributed by atoms with Gasteiger partial charge in [0, 0.05) is 6.61 Å². The smallest absolute Gasteiger partial charge is 0.0464 e. The molecule has 0 saturated carbocycles. The van der Waals surface area contributed by atoms with Crippen LogP contribution in [-0.4, -0.2) is 17.5 Å². The number of thiol groups is 1. The standard InChI is InChI=1S/C4H10OS/c1-4(2-5)3-6/h4-6H,2-3H2,1H3/t4-/m0/s1. The van der Waals surface area contributed by atoms with Crippen LogP contribution in [0, 0.1) is 5.92 Å². The Morgan fingerprint density at radius 3 is 2.33 bits per heavy atom. The molecule has 0 amide bonds. The summed E-state index contributed by atoms with van der Waals surface area (Å²) in [5.41, 5.74) is 0. The number of hydrogen-bond donors (Lipinski definition) is 2. The van der Waals surface area contributed by atoms with Gasteiger partial charge in [-0.3, -0.25) is 0 Å². The summed E-state index contributed by atoms with van der Waals surface area (Å²) < 4.78 is 0. The summed E-state index contributed by atoms with van der Waals surface area (Å²) in [6, 6.07) is 0. The van der Waals surface area contributed by atoms with Crippen molar-refractivity contribution in [2.75, 3.05) is 12.4 Å². The largest absolute Gasteiger partial charge is 0.396 e. The zero-order valence-corrected chi connectivity index (χ0v) is 4.78. The molecular weight excluding hydrogens is 96.1 g/mol. The topological polar surface area (TPSA) is 20.2 Å². The minimum absolute atomic E-state index is 0.253. The van der Waals surface area contributed by atoms with Crippen LogP contribution in [0.1, 0.15) is 6.92 Å². The lowest BCUT2D eigenvalue weighted by Gasteiger charge is -1.97. The van der Waals surface area contributed by atoms with Crippen LogP contribution in [0.15, 0.2) is 0 Å². The first-order chi connectivity index (χ1) is 2.81. The fraction of sp³-hybridized carbons (Fsp3) is 1.00. The van der Waals surface area contributed by atoms with Gasteiger partial charge in [-0.2, -0.15) is 12.6 Å². The summed E-state index contributed by atoms with van der Waals surface area (Å²) in [5, 5.41) is 8.29. The zero-order valence-electron chi connectivity index (χ0n) is 3.89. The van der Waals surface area contributed by atoms with Gasteiger partial charge >= 0.3 is 0 Å². The van der Waals surface area contributed by atoms with Gasteiger partial charge in [0.05, 0.1) is 0 Å². The molecule has 0 bridgehead atoms. The maximum absolute atomic E-state index is 8.29. The highest BCUT2D eigenvalue weighted by Crippen LogP contribution is 1.92. The molecule has 1 nitrogen and oxygen atoms in total. The molecule has 1 atom stereocenters. The second kappa shape index (κ2) is 3.50. The normalized spacial score (nSPS) is 14.5. The molecule has 0 fully saturated rings. The molecule has 0 spiro atoms. The molecule has 0 unspecified atom stereocenters. The molecule has 6 heavy (non-hydrogen) atoms. The zero-order chi connectivity index (χ0) is 4.99. The average molecular weight is 106 g/mol. The Balaban J connectivity index is 2.75. The first-order valence-corrected chi connectivity index (χ1v) is 2.66. The first kappa shape index (κ1) is 6.31. The SMILES string of the molecule is C[C@@H](CO)CS. The van der Waals surface area contributed by atoms with Gasteiger partial charge in [0.2, 0.25) is 0 Å². The molecule has 0 heterocycles. The number of aliphatic hydroxyl groups excluding tert-OH is 1. The Hall–Kier alpha value is 0.310. The van der Waals surface area contributed by atoms with E-state index in [0.717, 1.165) is 5.75 Å². The minimum atomic E-state index is 0.253. The van der Waals surface area contributed by atoms with Crippen molar-refractivity contribution in [2.45, 2.75) is 6.92 Å². The van der Waals surface area contributed by atoms with E-state index in [-0.39, 0.29) is 6.61 Å². The third-order valence-corrected chi connectivity index (χ3v) is 1.25. The van der Waals surface area contributed by atoms with Crippen molar-refractivity contribution in [1.29, 1.82) is 0 Å². The van der Waals surface area contributed by atoms with Crippen LogP contribution in [0.2, 0.25) is 0 Å². The lowest BCUT2D eigenvalue weighted by atomic mass is 10.2. The van der Waals surface area contributed by atoms with Crippen LogP contribution >= 0.6 is 12.6 Å². The van der Waals surface area contributed by atoms with Crippen LogP contribution in [0.3, 0.4) is 0 Å². The van der Waals surface area contributed by atoms with E-state index in [9.17, 15) is 0 Å². The van der Waals surface area contributed by atoms with Crippen molar-refractivity contribution in [3.63, 3.8) is 0 Å². The van der Waals surface area contributed by atoms with E-state index in [1.165, 1.54) is 0 Å². The predicted octanol–water partition coefficient (Wildman–Crippen LogP) is 0.545. The summed E-state index contributed by atoms with van der Waals surface area (Å²) >= 11 is 3.94. The van der Waals surface area contributed by atoms with Gasteiger partial charge in [-0.05, 0) is 11.7 Å². The van der Waals surface area contributed by atoms with Gasteiger partial charge in [0.15, 0.2) is 0 Å². The quantitative estimate of drug-likeness (QED) is 0.492. The van der Waals surface area contributed by atoms with Crippen LogP contribution in [-0.2, 0) is 0 Å². The van der Waals surface area contributed by atoms with Crippen LogP contribution in [0.4, 0.5) is 0 Å². The third kappa shape index (κ3) is 2.54. The summed E-state index contributed by atoms with van der Waals surface area (Å²) in [7, 11) is 0. The molecule has 0 aromatic rings. The fourth-order valence-electron chi connectivity index (χ4n) is 0.0577. The first-order valence-electron chi connectivity index (χ1n) is 2.03. The molecule has 1 N–H and O–H groups in total. The number of rotatable bonds is 2. The van der Waals surface area contributed by atoms with Crippen molar-refractivity contribution in [3.8, 4) is 0 Å². The summed E-state index contributed by atoms with van der Waals surface area (Å²) in [4.78, 5) is 0. The molecule has 0 aliphatic carbocycles. The lowest BCUT2D eigenvalue weighted by Crippen LogP contribution is -2.00. The monoisotopic (exact) mass is 106 g/mol. The molecule has 38 valence electrons. The van der Waals surface area contributed by atoms with Gasteiger partial charge in [-0.25, -0.2) is 0 Å². The van der Waals surface area contributed by atoms with E-state index in [1.807, 2.05) is 6.92 Å². The van der Waals surface area contributed by atoms with E-state index in [0.29, 0.717) is 5.92 Å². The van der Waals surface area contributed by atoms with Crippen LogP contribution < -0.4 is 0 Å². The average Bonchev–Trinajstić information content (AvgIpc) is 1.65. The molecule has 0 aromatic carbocycles. The second-order valence-corrected chi connectivity index (χ2v) is 1.84. The molecule has 0 saturated heterocycles. The Kier molecular flexibility index (Phi) is 3.68. The maximum atomic E-state index is 8.29. The van der Waals surface area contributed by atoms with Gasteiger partial charge < -0.3 is 5.11 Å². The van der Waals surface area contributed by atoms with Crippen LogP contribution in [0.5, 0.6) is 0 Å². The Morgan fingerprint density at radius 1 is 1.83 bits per heavy atom. The van der Waals surface area contributed by atoms with Gasteiger partial charge in [-0.15, -0.1) is 0 Å². The molecule has 2 heteroatoms. The van der Waals surface area contributed by atoms with Crippen molar-refractivity contribution < 1.29 is 5.11 Å². The van der Waals surface area contributed by atoms with Crippen molar-refractivity contribution in [2.24, 2.45) is 5.92 Å². The van der Waals surface area contributed by atoms with Crippen molar-refractivity contribution >= 4 is 12.6 Å². The minimum Gasteiger partial charge on any atom is -0.396 e. The summed E-state index contributed by atoms with van der Waals surface area (Å²) in [6.07, 6.45) is 0. The highest BCUT2D eigenvalue weighted by molar-refractivity contribution is 7.80. The molecule has 0 rings (SSSR count).